The number of nitro groups is 1. The van der Waals surface area contributed by atoms with Crippen LogP contribution >= 0.6 is 11.8 Å². The standard InChI is InChI=1S/C22H19FN2O5S/c1-13-10-19(29-2)20(30-3)12-17(13)24-22(26)14-4-9-21(18(11-14)25(27)28)31-16-7-5-15(23)6-8-16/h4-12H,1-3H3,(H,24,26). The minimum absolute atomic E-state index is 0.129. The lowest BCUT2D eigenvalue weighted by atomic mass is 10.1. The van der Waals surface area contributed by atoms with E-state index in [0.717, 1.165) is 17.3 Å². The van der Waals surface area contributed by atoms with Gasteiger partial charge in [-0.25, -0.2) is 4.39 Å². The Balaban J connectivity index is 1.87. The molecule has 3 aromatic carbocycles. The molecule has 0 radical (unpaired) electrons. The molecule has 9 heteroatoms. The molecule has 0 fully saturated rings. The van der Waals surface area contributed by atoms with Crippen LogP contribution in [0.1, 0.15) is 15.9 Å². The highest BCUT2D eigenvalue weighted by Crippen LogP contribution is 2.36. The van der Waals surface area contributed by atoms with E-state index in [1.807, 2.05) is 0 Å². The van der Waals surface area contributed by atoms with E-state index in [4.69, 9.17) is 9.47 Å². The van der Waals surface area contributed by atoms with E-state index in [2.05, 4.69) is 5.32 Å². The van der Waals surface area contributed by atoms with Crippen LogP contribution in [0.25, 0.3) is 0 Å². The van der Waals surface area contributed by atoms with Crippen LogP contribution in [-0.2, 0) is 0 Å². The molecule has 0 aliphatic carbocycles. The molecule has 1 amide bonds. The summed E-state index contributed by atoms with van der Waals surface area (Å²) in [4.78, 5) is 24.8. The van der Waals surface area contributed by atoms with Crippen molar-refractivity contribution in [1.82, 2.24) is 0 Å². The molecule has 0 aromatic heterocycles. The van der Waals surface area contributed by atoms with E-state index in [1.54, 1.807) is 19.1 Å². The van der Waals surface area contributed by atoms with E-state index in [9.17, 15) is 19.3 Å². The number of nitro benzene ring substituents is 1. The van der Waals surface area contributed by atoms with Crippen LogP contribution in [0.3, 0.4) is 0 Å². The lowest BCUT2D eigenvalue weighted by molar-refractivity contribution is -0.387. The van der Waals surface area contributed by atoms with Crippen molar-refractivity contribution in [2.45, 2.75) is 16.7 Å². The van der Waals surface area contributed by atoms with Gasteiger partial charge in [0, 0.05) is 28.3 Å². The Morgan fingerprint density at radius 1 is 1.03 bits per heavy atom. The Morgan fingerprint density at radius 2 is 1.68 bits per heavy atom. The first kappa shape index (κ1) is 22.1. The van der Waals surface area contributed by atoms with Gasteiger partial charge in [-0.1, -0.05) is 11.8 Å². The second kappa shape index (κ2) is 9.48. The molecule has 160 valence electrons. The van der Waals surface area contributed by atoms with Gasteiger partial charge in [-0.3, -0.25) is 14.9 Å². The maximum absolute atomic E-state index is 13.1. The molecule has 0 bridgehead atoms. The van der Waals surface area contributed by atoms with Gasteiger partial charge in [-0.05, 0) is 55.0 Å². The predicted molar refractivity (Wildman–Crippen MR) is 116 cm³/mol. The Kier molecular flexibility index (Phi) is 6.76. The van der Waals surface area contributed by atoms with Crippen molar-refractivity contribution in [2.75, 3.05) is 19.5 Å². The van der Waals surface area contributed by atoms with E-state index in [1.165, 1.54) is 56.7 Å². The van der Waals surface area contributed by atoms with Crippen molar-refractivity contribution in [2.24, 2.45) is 0 Å². The number of carbonyl (C=O) groups is 1. The number of hydrogen-bond acceptors (Lipinski definition) is 6. The number of aryl methyl sites for hydroxylation is 1. The Bertz CT molecular complexity index is 1140. The van der Waals surface area contributed by atoms with Gasteiger partial charge in [0.2, 0.25) is 0 Å². The summed E-state index contributed by atoms with van der Waals surface area (Å²) in [5.74, 6) is 0.0734. The molecule has 0 saturated heterocycles. The smallest absolute Gasteiger partial charge is 0.284 e. The fourth-order valence-electron chi connectivity index (χ4n) is 2.83. The summed E-state index contributed by atoms with van der Waals surface area (Å²) in [5, 5.41) is 14.3. The number of nitrogens with one attached hydrogen (secondary N) is 1. The minimum atomic E-state index is -0.551. The SMILES string of the molecule is COc1cc(C)c(NC(=O)c2ccc(Sc3ccc(F)cc3)c([N+](=O)[O-])c2)cc1OC. The highest BCUT2D eigenvalue weighted by molar-refractivity contribution is 7.99. The third kappa shape index (κ3) is 5.13. The maximum Gasteiger partial charge on any atom is 0.284 e. The quantitative estimate of drug-likeness (QED) is 0.386. The van der Waals surface area contributed by atoms with Crippen LogP contribution in [-0.4, -0.2) is 25.1 Å². The molecule has 0 saturated carbocycles. The topological polar surface area (TPSA) is 90.7 Å². The molecule has 0 atom stereocenters. The monoisotopic (exact) mass is 442 g/mol. The summed E-state index contributed by atoms with van der Waals surface area (Å²) < 4.78 is 23.6. The van der Waals surface area contributed by atoms with Crippen molar-refractivity contribution in [3.05, 3.63) is 81.7 Å². The van der Waals surface area contributed by atoms with E-state index in [0.29, 0.717) is 27.0 Å². The Labute approximate surface area is 182 Å². The summed E-state index contributed by atoms with van der Waals surface area (Å²) in [5.41, 5.74) is 1.15. The number of anilines is 1. The maximum atomic E-state index is 13.1. The Hall–Kier alpha value is -3.59. The first-order valence-corrected chi connectivity index (χ1v) is 9.90. The van der Waals surface area contributed by atoms with Crippen LogP contribution < -0.4 is 14.8 Å². The lowest BCUT2D eigenvalue weighted by Gasteiger charge is -2.14. The van der Waals surface area contributed by atoms with Gasteiger partial charge in [0.15, 0.2) is 11.5 Å². The van der Waals surface area contributed by atoms with Gasteiger partial charge in [0.25, 0.3) is 11.6 Å². The molecule has 0 spiro atoms. The van der Waals surface area contributed by atoms with Crippen molar-refractivity contribution < 1.29 is 23.6 Å². The zero-order valence-corrected chi connectivity index (χ0v) is 17.8. The minimum Gasteiger partial charge on any atom is -0.493 e. The molecule has 0 heterocycles. The number of rotatable bonds is 7. The van der Waals surface area contributed by atoms with Crippen molar-refractivity contribution in [3.8, 4) is 11.5 Å². The van der Waals surface area contributed by atoms with Gasteiger partial charge in [-0.2, -0.15) is 0 Å². The molecule has 0 aliphatic heterocycles. The number of carbonyl (C=O) groups excluding carboxylic acids is 1. The fraction of sp³-hybridized carbons (Fsp3) is 0.136. The average Bonchev–Trinajstić information content (AvgIpc) is 2.76. The molecular weight excluding hydrogens is 423 g/mol. The number of methoxy groups -OCH3 is 2. The first-order valence-electron chi connectivity index (χ1n) is 9.08. The number of amides is 1. The summed E-state index contributed by atoms with van der Waals surface area (Å²) >= 11 is 1.12. The summed E-state index contributed by atoms with van der Waals surface area (Å²) in [6.45, 7) is 1.79. The van der Waals surface area contributed by atoms with Crippen LogP contribution in [0.4, 0.5) is 15.8 Å². The molecule has 31 heavy (non-hydrogen) atoms. The van der Waals surface area contributed by atoms with Crippen molar-refractivity contribution >= 4 is 29.0 Å². The molecular formula is C22H19FN2O5S. The molecule has 0 aliphatic rings. The van der Waals surface area contributed by atoms with Gasteiger partial charge in [-0.15, -0.1) is 0 Å². The predicted octanol–water partition coefficient (Wildman–Crippen LogP) is 5.46. The zero-order valence-electron chi connectivity index (χ0n) is 17.0. The van der Waals surface area contributed by atoms with Crippen LogP contribution in [0.2, 0.25) is 0 Å². The summed E-state index contributed by atoms with van der Waals surface area (Å²) in [7, 11) is 3.00. The van der Waals surface area contributed by atoms with Crippen molar-refractivity contribution in [1.29, 1.82) is 0 Å². The largest absolute Gasteiger partial charge is 0.493 e. The van der Waals surface area contributed by atoms with Gasteiger partial charge in [0.1, 0.15) is 5.82 Å². The molecule has 3 aromatic rings. The summed E-state index contributed by atoms with van der Waals surface area (Å²) in [6.07, 6.45) is 0. The fourth-order valence-corrected chi connectivity index (χ4v) is 3.73. The highest BCUT2D eigenvalue weighted by atomic mass is 32.2. The number of halogens is 1. The second-order valence-corrected chi connectivity index (χ2v) is 7.59. The molecule has 0 unspecified atom stereocenters. The van der Waals surface area contributed by atoms with Crippen molar-refractivity contribution in [3.63, 3.8) is 0 Å². The summed E-state index contributed by atoms with van der Waals surface area (Å²) in [6, 6.07) is 13.2. The lowest BCUT2D eigenvalue weighted by Crippen LogP contribution is -2.13. The van der Waals surface area contributed by atoms with E-state index < -0.39 is 16.6 Å². The Morgan fingerprint density at radius 3 is 2.29 bits per heavy atom. The van der Waals surface area contributed by atoms with E-state index >= 15 is 0 Å². The van der Waals surface area contributed by atoms with Crippen LogP contribution in [0, 0.1) is 22.9 Å². The third-order valence-electron chi connectivity index (χ3n) is 4.44. The van der Waals surface area contributed by atoms with Gasteiger partial charge >= 0.3 is 0 Å². The van der Waals surface area contributed by atoms with E-state index in [-0.39, 0.29) is 11.3 Å². The van der Waals surface area contributed by atoms with Gasteiger partial charge in [0.05, 0.1) is 24.0 Å². The molecule has 7 nitrogen and oxygen atoms in total. The second-order valence-electron chi connectivity index (χ2n) is 6.47. The first-order chi connectivity index (χ1) is 14.8. The van der Waals surface area contributed by atoms with Crippen LogP contribution in [0.15, 0.2) is 64.4 Å². The number of nitrogens with zero attached hydrogens (tertiary/aromatic N) is 1. The third-order valence-corrected chi connectivity index (χ3v) is 5.51. The average molecular weight is 442 g/mol. The number of benzene rings is 3. The number of ether oxygens (including phenoxy) is 2. The molecule has 1 N–H and O–H groups in total. The van der Waals surface area contributed by atoms with Crippen LogP contribution in [0.5, 0.6) is 11.5 Å². The highest BCUT2D eigenvalue weighted by Gasteiger charge is 2.19. The molecule has 3 rings (SSSR count). The van der Waals surface area contributed by atoms with Gasteiger partial charge < -0.3 is 14.8 Å². The normalized spacial score (nSPS) is 10.5. The zero-order chi connectivity index (χ0) is 22.5. The number of hydrogen-bond donors (Lipinski definition) is 1.